The number of nitrogens with one attached hydrogen (secondary N) is 1. The Balaban J connectivity index is 1.51. The van der Waals surface area contributed by atoms with Gasteiger partial charge in [-0.1, -0.05) is 22.0 Å². The molecule has 4 bridgehead atoms. The second kappa shape index (κ2) is 5.27. The molecule has 124 valence electrons. The number of hydrogen-bond donors (Lipinski definition) is 1. The number of carbonyl (C=O) groups is 1. The van der Waals surface area contributed by atoms with Gasteiger partial charge in [-0.05, 0) is 67.9 Å². The quantitative estimate of drug-likeness (QED) is 0.728. The number of benzene rings is 1. The Morgan fingerprint density at radius 2 is 1.78 bits per heavy atom. The van der Waals surface area contributed by atoms with Gasteiger partial charge in [0, 0.05) is 10.7 Å². The van der Waals surface area contributed by atoms with Crippen LogP contribution in [0.2, 0.25) is 0 Å². The molecule has 1 N–H and O–H groups in total. The smallest absolute Gasteiger partial charge is 0.225 e. The molecular weight excluding hydrogens is 364 g/mol. The molecule has 1 aromatic rings. The van der Waals surface area contributed by atoms with Gasteiger partial charge in [0.15, 0.2) is 0 Å². The van der Waals surface area contributed by atoms with E-state index in [-0.39, 0.29) is 21.3 Å². The molecule has 1 amide bonds. The fraction of sp³-hybridized carbons (Fsp3) is 0.611. The summed E-state index contributed by atoms with van der Waals surface area (Å²) in [5, 5.41) is 2.46. The number of para-hydroxylation sites is 1. The number of amides is 1. The predicted octanol–water partition coefficient (Wildman–Crippen LogP) is 5.03. The summed E-state index contributed by atoms with van der Waals surface area (Å²) < 4.78 is 27.6. The van der Waals surface area contributed by atoms with Crippen molar-refractivity contribution in [2.24, 2.45) is 17.3 Å². The lowest BCUT2D eigenvalue weighted by atomic mass is 9.48. The molecule has 0 aliphatic heterocycles. The van der Waals surface area contributed by atoms with E-state index in [4.69, 9.17) is 0 Å². The predicted molar refractivity (Wildman–Crippen MR) is 88.4 cm³/mol. The molecular formula is C18H20BrF2NO. The summed E-state index contributed by atoms with van der Waals surface area (Å²) in [5.74, 6) is -0.337. The highest BCUT2D eigenvalue weighted by molar-refractivity contribution is 9.10. The Labute approximate surface area is 143 Å². The van der Waals surface area contributed by atoms with Crippen LogP contribution >= 0.6 is 15.9 Å². The fourth-order valence-corrected chi connectivity index (χ4v) is 7.19. The standard InChI is InChI=1S/C18H20BrF2NO/c19-18-7-11-4-12(8-18)6-17(5-11,10-18)9-15(23)22-16-13(20)2-1-3-14(16)21/h1-3,11-12H,4-10H2,(H,22,23). The Kier molecular flexibility index (Phi) is 3.56. The van der Waals surface area contributed by atoms with E-state index in [9.17, 15) is 13.6 Å². The van der Waals surface area contributed by atoms with Crippen molar-refractivity contribution < 1.29 is 13.6 Å². The zero-order valence-electron chi connectivity index (χ0n) is 12.9. The van der Waals surface area contributed by atoms with E-state index in [1.54, 1.807) is 0 Å². The monoisotopic (exact) mass is 383 g/mol. The van der Waals surface area contributed by atoms with E-state index in [2.05, 4.69) is 21.2 Å². The van der Waals surface area contributed by atoms with Crippen LogP contribution in [-0.2, 0) is 4.79 Å². The molecule has 0 aromatic heterocycles. The molecule has 23 heavy (non-hydrogen) atoms. The molecule has 2 nitrogen and oxygen atoms in total. The van der Waals surface area contributed by atoms with Crippen LogP contribution < -0.4 is 5.32 Å². The average molecular weight is 384 g/mol. The number of halogens is 3. The summed E-state index contributed by atoms with van der Waals surface area (Å²) in [5.41, 5.74) is -0.324. The molecule has 5 rings (SSSR count). The number of alkyl halides is 1. The van der Waals surface area contributed by atoms with Crippen molar-refractivity contribution in [3.8, 4) is 0 Å². The molecule has 4 aliphatic rings. The molecule has 2 unspecified atom stereocenters. The van der Waals surface area contributed by atoms with Crippen molar-refractivity contribution in [2.75, 3.05) is 5.32 Å². The summed E-state index contributed by atoms with van der Waals surface area (Å²) in [6.45, 7) is 0. The highest BCUT2D eigenvalue weighted by atomic mass is 79.9. The van der Waals surface area contributed by atoms with Gasteiger partial charge in [0.05, 0.1) is 0 Å². The first-order valence-electron chi connectivity index (χ1n) is 8.29. The number of anilines is 1. The molecule has 0 saturated heterocycles. The third-order valence-corrected chi connectivity index (χ3v) is 6.80. The molecule has 4 aliphatic carbocycles. The van der Waals surface area contributed by atoms with Crippen LogP contribution in [0.1, 0.15) is 44.9 Å². The zero-order valence-corrected chi connectivity index (χ0v) is 14.5. The Bertz CT molecular complexity index is 628. The SMILES string of the molecule is O=C(CC12CC3CC(CC(Br)(C3)C1)C2)Nc1c(F)cccc1F. The van der Waals surface area contributed by atoms with Crippen molar-refractivity contribution in [2.45, 2.75) is 49.3 Å². The molecule has 0 radical (unpaired) electrons. The fourth-order valence-electron chi connectivity index (χ4n) is 5.68. The van der Waals surface area contributed by atoms with E-state index in [1.165, 1.54) is 25.3 Å². The summed E-state index contributed by atoms with van der Waals surface area (Å²) in [4.78, 5) is 12.4. The largest absolute Gasteiger partial charge is 0.321 e. The molecule has 4 fully saturated rings. The average Bonchev–Trinajstić information content (AvgIpc) is 2.39. The van der Waals surface area contributed by atoms with Crippen LogP contribution in [0.15, 0.2) is 18.2 Å². The molecule has 4 saturated carbocycles. The van der Waals surface area contributed by atoms with E-state index in [0.717, 1.165) is 31.4 Å². The van der Waals surface area contributed by atoms with Crippen LogP contribution in [0.4, 0.5) is 14.5 Å². The first kappa shape index (κ1) is 15.6. The summed E-state index contributed by atoms with van der Waals surface area (Å²) in [6, 6.07) is 3.63. The third kappa shape index (κ3) is 2.81. The van der Waals surface area contributed by atoms with Gasteiger partial charge < -0.3 is 5.32 Å². The molecule has 1 aromatic carbocycles. The number of carbonyl (C=O) groups excluding carboxylic acids is 1. The van der Waals surface area contributed by atoms with Gasteiger partial charge in [-0.15, -0.1) is 0 Å². The highest BCUT2D eigenvalue weighted by Gasteiger charge is 2.57. The minimum absolute atomic E-state index is 0.000596. The summed E-state index contributed by atoms with van der Waals surface area (Å²) in [7, 11) is 0. The van der Waals surface area contributed by atoms with Crippen LogP contribution in [0.3, 0.4) is 0 Å². The topological polar surface area (TPSA) is 29.1 Å². The number of rotatable bonds is 3. The van der Waals surface area contributed by atoms with Crippen molar-refractivity contribution in [1.29, 1.82) is 0 Å². The maximum Gasteiger partial charge on any atom is 0.225 e. The van der Waals surface area contributed by atoms with Crippen molar-refractivity contribution in [3.63, 3.8) is 0 Å². The second-order valence-electron chi connectivity index (χ2n) is 7.93. The van der Waals surface area contributed by atoms with Gasteiger partial charge in [-0.2, -0.15) is 0 Å². The van der Waals surface area contributed by atoms with E-state index in [1.807, 2.05) is 0 Å². The molecule has 2 atom stereocenters. The Hall–Kier alpha value is -0.970. The Morgan fingerprint density at radius 3 is 2.35 bits per heavy atom. The molecule has 0 heterocycles. The van der Waals surface area contributed by atoms with Gasteiger partial charge >= 0.3 is 0 Å². The third-order valence-electron chi connectivity index (χ3n) is 5.87. The minimum Gasteiger partial charge on any atom is -0.321 e. The van der Waals surface area contributed by atoms with Crippen LogP contribution in [0.25, 0.3) is 0 Å². The normalized spacial score (nSPS) is 37.9. The summed E-state index contributed by atoms with van der Waals surface area (Å²) in [6.07, 6.45) is 7.19. The van der Waals surface area contributed by atoms with Crippen molar-refractivity contribution >= 4 is 27.5 Å². The molecule has 0 spiro atoms. The van der Waals surface area contributed by atoms with Gasteiger partial charge in [-0.3, -0.25) is 4.79 Å². The highest BCUT2D eigenvalue weighted by Crippen LogP contribution is 2.65. The lowest BCUT2D eigenvalue weighted by molar-refractivity contribution is -0.123. The van der Waals surface area contributed by atoms with Gasteiger partial charge in [0.2, 0.25) is 5.91 Å². The van der Waals surface area contributed by atoms with Crippen LogP contribution in [0, 0.1) is 28.9 Å². The maximum atomic E-state index is 13.7. The molecule has 5 heteroatoms. The lowest BCUT2D eigenvalue weighted by Crippen LogP contribution is -2.53. The van der Waals surface area contributed by atoms with Gasteiger partial charge in [0.1, 0.15) is 17.3 Å². The first-order valence-corrected chi connectivity index (χ1v) is 9.09. The van der Waals surface area contributed by atoms with Gasteiger partial charge in [0.25, 0.3) is 0 Å². The van der Waals surface area contributed by atoms with Crippen molar-refractivity contribution in [1.82, 2.24) is 0 Å². The van der Waals surface area contributed by atoms with E-state index in [0.29, 0.717) is 18.3 Å². The van der Waals surface area contributed by atoms with E-state index < -0.39 is 11.6 Å². The summed E-state index contributed by atoms with van der Waals surface area (Å²) >= 11 is 3.92. The lowest BCUT2D eigenvalue weighted by Gasteiger charge is -2.60. The van der Waals surface area contributed by atoms with Crippen LogP contribution in [-0.4, -0.2) is 10.2 Å². The minimum atomic E-state index is -0.721. The van der Waals surface area contributed by atoms with E-state index >= 15 is 0 Å². The van der Waals surface area contributed by atoms with Gasteiger partial charge in [-0.25, -0.2) is 8.78 Å². The zero-order chi connectivity index (χ0) is 16.2. The first-order chi connectivity index (χ1) is 10.9. The second-order valence-corrected chi connectivity index (χ2v) is 9.62. The number of hydrogen-bond acceptors (Lipinski definition) is 1. The Morgan fingerprint density at radius 1 is 1.17 bits per heavy atom. The van der Waals surface area contributed by atoms with Crippen LogP contribution in [0.5, 0.6) is 0 Å². The maximum absolute atomic E-state index is 13.7. The van der Waals surface area contributed by atoms with Crippen molar-refractivity contribution in [3.05, 3.63) is 29.8 Å².